The van der Waals surface area contributed by atoms with Crippen molar-refractivity contribution in [3.05, 3.63) is 54.1 Å². The Kier molecular flexibility index (Phi) is 11.8. The molecule has 0 bridgehead atoms. The van der Waals surface area contributed by atoms with E-state index in [2.05, 4.69) is 25.6 Å². The van der Waals surface area contributed by atoms with Gasteiger partial charge in [0, 0.05) is 109 Å². The number of esters is 1. The van der Waals surface area contributed by atoms with Crippen molar-refractivity contribution in [2.24, 2.45) is 22.7 Å². The summed E-state index contributed by atoms with van der Waals surface area (Å²) < 4.78 is 5.26. The van der Waals surface area contributed by atoms with Crippen LogP contribution in [0.3, 0.4) is 0 Å². The molecule has 2 saturated carbocycles. The Morgan fingerprint density at radius 1 is 1.21 bits per heavy atom. The number of cyclic esters (lactones) is 1. The zero-order valence-electron chi connectivity index (χ0n) is 19.7. The molecule has 7 heteroatoms. The molecule has 3 aliphatic rings. The molecule has 1 aliphatic heterocycles. The minimum absolute atomic E-state index is 0. The number of carbonyl (C=O) groups is 1. The molecule has 2 N–H and O–H groups in total. The number of benzene rings is 1. The monoisotopic (exact) mass is 896 g/mol. The first kappa shape index (κ1) is 30.5. The van der Waals surface area contributed by atoms with Gasteiger partial charge >= 0.3 is 5.97 Å². The van der Waals surface area contributed by atoms with Crippen molar-refractivity contribution in [1.29, 1.82) is 0 Å². The van der Waals surface area contributed by atoms with Gasteiger partial charge in [-0.15, -0.1) is 11.8 Å². The molecule has 33 heavy (non-hydrogen) atoms. The summed E-state index contributed by atoms with van der Waals surface area (Å²) in [5, 5.41) is 21.0. The third-order valence-electron chi connectivity index (χ3n) is 8.27. The van der Waals surface area contributed by atoms with E-state index in [-0.39, 0.29) is 123 Å². The average Bonchev–Trinajstić information content (AvgIpc) is 3.19. The maximum atomic E-state index is 12.5. The normalized spacial score (nSPS) is 34.3. The Labute approximate surface area is 273 Å². The van der Waals surface area contributed by atoms with Crippen LogP contribution >= 0.6 is 11.8 Å². The van der Waals surface area contributed by atoms with E-state index in [9.17, 15) is 15.0 Å². The number of fused-ring (bicyclic) bond motifs is 1. The van der Waals surface area contributed by atoms with E-state index in [1.54, 1.807) is 11.8 Å². The minimum Gasteiger partial charge on any atom is -0.458 e. The third-order valence-corrected chi connectivity index (χ3v) is 9.54. The average molecular weight is 897 g/mol. The fourth-order valence-electron chi connectivity index (χ4n) is 6.39. The number of aliphatic hydroxyl groups excluding tert-OH is 2. The van der Waals surface area contributed by atoms with Gasteiger partial charge in [0.25, 0.3) is 0 Å². The maximum absolute atomic E-state index is 12.5. The fourth-order valence-corrected chi connectivity index (χ4v) is 7.64. The van der Waals surface area contributed by atoms with E-state index >= 15 is 0 Å². The van der Waals surface area contributed by atoms with Gasteiger partial charge in [0.2, 0.25) is 0 Å². The van der Waals surface area contributed by atoms with Gasteiger partial charge in [0.15, 0.2) is 0 Å². The quantitative estimate of drug-likeness (QED) is 0.245. The minimum atomic E-state index is -0.500. The Balaban J connectivity index is 0.00000193. The van der Waals surface area contributed by atoms with Gasteiger partial charge in [-0.2, -0.15) is 0 Å². The van der Waals surface area contributed by atoms with Crippen LogP contribution in [0, 0.1) is 111 Å². The van der Waals surface area contributed by atoms with Crippen molar-refractivity contribution in [2.75, 3.05) is 13.2 Å². The van der Waals surface area contributed by atoms with E-state index in [1.165, 1.54) is 5.57 Å². The van der Waals surface area contributed by atoms with Gasteiger partial charge in [0.1, 0.15) is 6.61 Å². The number of hydrogen-bond acceptors (Lipinski definition) is 5. The summed E-state index contributed by atoms with van der Waals surface area (Å²) in [6, 6.07) is 10.2. The van der Waals surface area contributed by atoms with E-state index in [0.29, 0.717) is 13.0 Å². The number of carbonyl (C=O) groups excluding carboxylic acids is 1. The summed E-state index contributed by atoms with van der Waals surface area (Å²) >= 11 is 1.72. The number of thioether (sulfide) groups is 1. The summed E-state index contributed by atoms with van der Waals surface area (Å²) in [6.07, 6.45) is 5.70. The van der Waals surface area contributed by atoms with Crippen molar-refractivity contribution in [2.45, 2.75) is 62.2 Å². The van der Waals surface area contributed by atoms with Gasteiger partial charge in [-0.25, -0.2) is 4.79 Å². The van der Waals surface area contributed by atoms with E-state index < -0.39 is 11.5 Å². The predicted octanol–water partition coefficient (Wildman–Crippen LogP) is 4.76. The van der Waals surface area contributed by atoms with Crippen LogP contribution in [0.5, 0.6) is 0 Å². The molecule has 2 radical (unpaired) electrons. The summed E-state index contributed by atoms with van der Waals surface area (Å²) in [6.45, 7) is 9.16. The van der Waals surface area contributed by atoms with E-state index in [4.69, 9.17) is 4.74 Å². The molecule has 1 heterocycles. The number of allylic oxidation sites excluding steroid dienone is 1. The summed E-state index contributed by atoms with van der Waals surface area (Å²) in [7, 11) is 0. The van der Waals surface area contributed by atoms with Gasteiger partial charge in [-0.1, -0.05) is 44.2 Å². The molecule has 2 aliphatic carbocycles. The number of hydrogen-bond donors (Lipinski definition) is 2. The van der Waals surface area contributed by atoms with Crippen LogP contribution in [0.15, 0.2) is 59.0 Å². The molecule has 1 aromatic rings. The first-order chi connectivity index (χ1) is 14.8. The van der Waals surface area contributed by atoms with Gasteiger partial charge < -0.3 is 14.9 Å². The Morgan fingerprint density at radius 3 is 2.52 bits per heavy atom. The maximum Gasteiger partial charge on any atom is 0.335 e. The van der Waals surface area contributed by atoms with Crippen LogP contribution in [0.1, 0.15) is 46.0 Å². The molecule has 0 aromatic heterocycles. The van der Waals surface area contributed by atoms with Crippen LogP contribution in [-0.2, 0) is 9.53 Å². The topological polar surface area (TPSA) is 66.8 Å². The molecule has 6 atom stereocenters. The zero-order valence-corrected chi connectivity index (χ0v) is 30.0. The Bertz CT molecular complexity index is 876. The first-order valence-corrected chi connectivity index (χ1v) is 12.2. The predicted molar refractivity (Wildman–Crippen MR) is 124 cm³/mol. The first-order valence-electron chi connectivity index (χ1n) is 11.3. The van der Waals surface area contributed by atoms with Crippen LogP contribution in [0.25, 0.3) is 0 Å². The van der Waals surface area contributed by atoms with Crippen LogP contribution in [0.4, 0.5) is 0 Å². The van der Waals surface area contributed by atoms with Gasteiger partial charge in [-0.05, 0) is 67.6 Å². The van der Waals surface area contributed by atoms with Crippen molar-refractivity contribution < 1.29 is 108 Å². The van der Waals surface area contributed by atoms with Crippen molar-refractivity contribution in [3.8, 4) is 0 Å². The van der Waals surface area contributed by atoms with Crippen LogP contribution < -0.4 is 0 Å². The summed E-state index contributed by atoms with van der Waals surface area (Å²) in [5.74, 6) is 0.229. The van der Waals surface area contributed by atoms with Crippen LogP contribution in [-0.4, -0.2) is 40.8 Å². The number of aliphatic hydroxyl groups is 2. The standard InChI is InChI=1S/C26H34O4S.2Ac/c1-17-9-10-22-25(2,13-11-23(28)26(22,3)16-27)20(17)15-21(19-12-14-30-24(19)29)31-18-7-5-4-6-8-18;;/h4-8,12,20-23,27-28H,1,9-11,13-16H2,2-3H3;;/t20-,21?,22?,23?,25+,26-;;/m0../s1. The third kappa shape index (κ3) is 6.08. The van der Waals surface area contributed by atoms with Crippen molar-refractivity contribution >= 4 is 17.7 Å². The van der Waals surface area contributed by atoms with Gasteiger partial charge in [-0.3, -0.25) is 0 Å². The SMILES string of the molecule is C=C1CCC2[C@](C)(CO)C(O)CC[C@]2(C)[C@H]1CC(Sc1ccccc1)C1=CCOC1=O.[Ac].[Ac]. The molecule has 3 unspecified atom stereocenters. The van der Waals surface area contributed by atoms with Gasteiger partial charge in [0.05, 0.1) is 12.7 Å². The Morgan fingerprint density at radius 2 is 1.91 bits per heavy atom. The second kappa shape index (κ2) is 12.7. The second-order valence-electron chi connectivity index (χ2n) is 9.94. The molecular weight excluding hydrogens is 862 g/mol. The summed E-state index contributed by atoms with van der Waals surface area (Å²) in [5.41, 5.74) is 1.43. The molecule has 1 aromatic carbocycles. The molecule has 0 spiro atoms. The number of rotatable bonds is 6. The van der Waals surface area contributed by atoms with E-state index in [0.717, 1.165) is 36.2 Å². The van der Waals surface area contributed by atoms with Crippen LogP contribution in [0.2, 0.25) is 0 Å². The second-order valence-corrected chi connectivity index (χ2v) is 11.2. The van der Waals surface area contributed by atoms with E-state index in [1.807, 2.05) is 31.2 Å². The molecular formula is C26H34Ac2O4S. The largest absolute Gasteiger partial charge is 0.458 e. The zero-order chi connectivity index (χ0) is 22.2. The molecule has 0 amide bonds. The molecule has 174 valence electrons. The fraction of sp³-hybridized carbons (Fsp3) is 0.577. The van der Waals surface area contributed by atoms with Crippen molar-refractivity contribution in [3.63, 3.8) is 0 Å². The molecule has 4 rings (SSSR count). The molecule has 0 saturated heterocycles. The summed E-state index contributed by atoms with van der Waals surface area (Å²) in [4.78, 5) is 13.6. The van der Waals surface area contributed by atoms with Crippen molar-refractivity contribution in [1.82, 2.24) is 0 Å². The molecule has 4 nitrogen and oxygen atoms in total. The smallest absolute Gasteiger partial charge is 0.335 e. The number of ether oxygens (including phenoxy) is 1. The Hall–Kier alpha value is 1.32. The molecule has 2 fully saturated rings.